The number of halogens is 2. The Morgan fingerprint density at radius 3 is 2.52 bits per heavy atom. The number of nitrogens with zero attached hydrogens (tertiary/aromatic N) is 1. The maximum Gasteiger partial charge on any atom is 0.229 e. The normalized spacial score (nSPS) is 17.0. The summed E-state index contributed by atoms with van der Waals surface area (Å²) >= 11 is 3.35. The topological polar surface area (TPSA) is 49.4 Å². The lowest BCUT2D eigenvalue weighted by Crippen LogP contribution is -2.30. The summed E-state index contributed by atoms with van der Waals surface area (Å²) in [5.74, 6) is -0.770. The second-order valence-electron chi connectivity index (χ2n) is 6.11. The average Bonchev–Trinajstić information content (AvgIpc) is 2.97. The van der Waals surface area contributed by atoms with Gasteiger partial charge < -0.3 is 10.2 Å². The van der Waals surface area contributed by atoms with Gasteiger partial charge in [0.1, 0.15) is 5.82 Å². The van der Waals surface area contributed by atoms with Gasteiger partial charge in [0.2, 0.25) is 11.8 Å². The Balaban J connectivity index is 1.53. The first-order valence-corrected chi connectivity index (χ1v) is 8.89. The maximum absolute atomic E-state index is 12.9. The van der Waals surface area contributed by atoms with E-state index in [0.29, 0.717) is 25.2 Å². The van der Waals surface area contributed by atoms with Gasteiger partial charge in [0, 0.05) is 29.7 Å². The molecule has 0 aliphatic carbocycles. The highest BCUT2D eigenvalue weighted by molar-refractivity contribution is 9.10. The highest BCUT2D eigenvalue weighted by Gasteiger charge is 2.33. The molecular formula is C19H18BrFN2O2. The van der Waals surface area contributed by atoms with Crippen LogP contribution in [-0.4, -0.2) is 29.8 Å². The summed E-state index contributed by atoms with van der Waals surface area (Å²) < 4.78 is 13.9. The number of carbonyl (C=O) groups excluding carboxylic acids is 2. The van der Waals surface area contributed by atoms with Crippen LogP contribution in [0, 0.1) is 11.7 Å². The molecule has 0 bridgehead atoms. The molecule has 2 amide bonds. The van der Waals surface area contributed by atoms with Crippen molar-refractivity contribution in [3.8, 4) is 0 Å². The Morgan fingerprint density at radius 1 is 1.16 bits per heavy atom. The molecule has 4 nitrogen and oxygen atoms in total. The number of likely N-dealkylation sites (tertiary alicyclic amines) is 1. The van der Waals surface area contributed by atoms with E-state index in [9.17, 15) is 14.0 Å². The van der Waals surface area contributed by atoms with Crippen LogP contribution in [0.2, 0.25) is 0 Å². The van der Waals surface area contributed by atoms with Gasteiger partial charge in [-0.3, -0.25) is 9.59 Å². The summed E-state index contributed by atoms with van der Waals surface area (Å²) in [6, 6.07) is 13.6. The second kappa shape index (κ2) is 7.78. The maximum atomic E-state index is 12.9. The molecule has 130 valence electrons. The number of nitrogens with one attached hydrogen (secondary N) is 1. The molecule has 1 N–H and O–H groups in total. The first kappa shape index (κ1) is 17.6. The molecule has 0 saturated carbocycles. The largest absolute Gasteiger partial charge is 0.342 e. The van der Waals surface area contributed by atoms with Crippen LogP contribution in [0.25, 0.3) is 0 Å². The Labute approximate surface area is 154 Å². The second-order valence-corrected chi connectivity index (χ2v) is 7.03. The van der Waals surface area contributed by atoms with Gasteiger partial charge in [-0.2, -0.15) is 0 Å². The van der Waals surface area contributed by atoms with Crippen molar-refractivity contribution in [3.05, 3.63) is 64.4 Å². The van der Waals surface area contributed by atoms with Crippen molar-refractivity contribution in [2.45, 2.75) is 12.8 Å². The molecule has 1 aliphatic heterocycles. The third-order valence-corrected chi connectivity index (χ3v) is 4.81. The number of rotatable bonds is 5. The van der Waals surface area contributed by atoms with Gasteiger partial charge in [-0.15, -0.1) is 0 Å². The van der Waals surface area contributed by atoms with Gasteiger partial charge in [0.05, 0.1) is 5.92 Å². The van der Waals surface area contributed by atoms with E-state index < -0.39 is 0 Å². The number of anilines is 1. The van der Waals surface area contributed by atoms with Crippen LogP contribution >= 0.6 is 15.9 Å². The molecule has 1 unspecified atom stereocenters. The minimum absolute atomic E-state index is 0.0157. The SMILES string of the molecule is O=C(Nc1ccc(Br)cc1)C1CC(=O)N(CCc2ccc(F)cc2)C1. The molecule has 1 heterocycles. The van der Waals surface area contributed by atoms with Crippen molar-refractivity contribution in [2.24, 2.45) is 5.92 Å². The van der Waals surface area contributed by atoms with Crippen LogP contribution in [-0.2, 0) is 16.0 Å². The smallest absolute Gasteiger partial charge is 0.229 e. The number of benzene rings is 2. The standard InChI is InChI=1S/C19H18BrFN2O2/c20-15-3-7-17(8-4-15)22-19(25)14-11-18(24)23(12-14)10-9-13-1-5-16(21)6-2-13/h1-8,14H,9-12H2,(H,22,25). The molecule has 0 aromatic heterocycles. The van der Waals surface area contributed by atoms with E-state index in [4.69, 9.17) is 0 Å². The minimum Gasteiger partial charge on any atom is -0.342 e. The lowest BCUT2D eigenvalue weighted by Gasteiger charge is -2.16. The molecule has 1 aliphatic rings. The van der Waals surface area contributed by atoms with E-state index in [1.54, 1.807) is 17.0 Å². The van der Waals surface area contributed by atoms with Crippen molar-refractivity contribution in [1.82, 2.24) is 4.90 Å². The minimum atomic E-state index is -0.343. The zero-order valence-corrected chi connectivity index (χ0v) is 15.1. The molecule has 0 spiro atoms. The van der Waals surface area contributed by atoms with Crippen molar-refractivity contribution < 1.29 is 14.0 Å². The van der Waals surface area contributed by atoms with Gasteiger partial charge >= 0.3 is 0 Å². The number of hydrogen-bond donors (Lipinski definition) is 1. The van der Waals surface area contributed by atoms with Gasteiger partial charge in [-0.25, -0.2) is 4.39 Å². The summed E-state index contributed by atoms with van der Waals surface area (Å²) in [6.45, 7) is 0.953. The predicted molar refractivity (Wildman–Crippen MR) is 97.6 cm³/mol. The monoisotopic (exact) mass is 404 g/mol. The van der Waals surface area contributed by atoms with Crippen LogP contribution in [0.1, 0.15) is 12.0 Å². The number of amides is 2. The van der Waals surface area contributed by atoms with Crippen LogP contribution in [0.15, 0.2) is 53.0 Å². The zero-order chi connectivity index (χ0) is 17.8. The molecule has 2 aromatic rings. The van der Waals surface area contributed by atoms with E-state index >= 15 is 0 Å². The molecular weight excluding hydrogens is 387 g/mol. The van der Waals surface area contributed by atoms with E-state index in [-0.39, 0.29) is 30.0 Å². The average molecular weight is 405 g/mol. The fourth-order valence-corrected chi connectivity index (χ4v) is 3.12. The van der Waals surface area contributed by atoms with Gasteiger partial charge in [0.15, 0.2) is 0 Å². The number of hydrogen-bond acceptors (Lipinski definition) is 2. The fraction of sp³-hybridized carbons (Fsp3) is 0.263. The summed E-state index contributed by atoms with van der Waals surface area (Å²) in [6.07, 6.45) is 0.874. The molecule has 1 atom stereocenters. The lowest BCUT2D eigenvalue weighted by molar-refractivity contribution is -0.128. The molecule has 6 heteroatoms. The van der Waals surface area contributed by atoms with Crippen LogP contribution in [0.4, 0.5) is 10.1 Å². The van der Waals surface area contributed by atoms with Gasteiger partial charge in [0.25, 0.3) is 0 Å². The van der Waals surface area contributed by atoms with Crippen molar-refractivity contribution in [1.29, 1.82) is 0 Å². The molecule has 25 heavy (non-hydrogen) atoms. The summed E-state index contributed by atoms with van der Waals surface area (Å²) in [7, 11) is 0. The van der Waals surface area contributed by atoms with Crippen molar-refractivity contribution in [2.75, 3.05) is 18.4 Å². The Hall–Kier alpha value is -2.21. The van der Waals surface area contributed by atoms with Crippen molar-refractivity contribution >= 4 is 33.4 Å². The number of carbonyl (C=O) groups is 2. The summed E-state index contributed by atoms with van der Waals surface area (Å²) in [5.41, 5.74) is 1.68. The summed E-state index contributed by atoms with van der Waals surface area (Å²) in [5, 5.41) is 2.85. The Kier molecular flexibility index (Phi) is 5.48. The molecule has 0 radical (unpaired) electrons. The van der Waals surface area contributed by atoms with E-state index in [1.807, 2.05) is 24.3 Å². The molecule has 2 aromatic carbocycles. The third kappa shape index (κ3) is 4.66. The highest BCUT2D eigenvalue weighted by atomic mass is 79.9. The van der Waals surface area contributed by atoms with Crippen LogP contribution in [0.5, 0.6) is 0 Å². The summed E-state index contributed by atoms with van der Waals surface area (Å²) in [4.78, 5) is 26.2. The van der Waals surface area contributed by atoms with E-state index in [0.717, 1.165) is 10.0 Å². The van der Waals surface area contributed by atoms with Crippen molar-refractivity contribution in [3.63, 3.8) is 0 Å². The quantitative estimate of drug-likeness (QED) is 0.826. The first-order valence-electron chi connectivity index (χ1n) is 8.10. The van der Waals surface area contributed by atoms with E-state index in [1.165, 1.54) is 12.1 Å². The fourth-order valence-electron chi connectivity index (χ4n) is 2.86. The van der Waals surface area contributed by atoms with Crippen LogP contribution < -0.4 is 5.32 Å². The lowest BCUT2D eigenvalue weighted by atomic mass is 10.1. The van der Waals surface area contributed by atoms with E-state index in [2.05, 4.69) is 21.2 Å². The van der Waals surface area contributed by atoms with Crippen LogP contribution in [0.3, 0.4) is 0 Å². The van der Waals surface area contributed by atoms with Gasteiger partial charge in [-0.05, 0) is 48.4 Å². The molecule has 1 saturated heterocycles. The predicted octanol–water partition coefficient (Wildman–Crippen LogP) is 3.62. The first-order chi connectivity index (χ1) is 12.0. The van der Waals surface area contributed by atoms with Gasteiger partial charge in [-0.1, -0.05) is 28.1 Å². The Bertz CT molecular complexity index is 762. The zero-order valence-electron chi connectivity index (χ0n) is 13.5. The molecule has 1 fully saturated rings. The third-order valence-electron chi connectivity index (χ3n) is 4.28. The highest BCUT2D eigenvalue weighted by Crippen LogP contribution is 2.21. The Morgan fingerprint density at radius 2 is 1.84 bits per heavy atom. The molecule has 3 rings (SSSR count).